The lowest BCUT2D eigenvalue weighted by molar-refractivity contribution is -0.140. The number of carbonyl (C=O) groups excluding carboxylic acids is 2. The second-order valence-electron chi connectivity index (χ2n) is 10.7. The van der Waals surface area contributed by atoms with Crippen molar-refractivity contribution in [3.05, 3.63) is 40.7 Å². The van der Waals surface area contributed by atoms with E-state index in [1.807, 2.05) is 0 Å². The molecule has 2 heterocycles. The second-order valence-corrected chi connectivity index (χ2v) is 10.7. The van der Waals surface area contributed by atoms with Crippen LogP contribution in [0.3, 0.4) is 0 Å². The number of nitrogens with one attached hydrogen (secondary N) is 3. The Labute approximate surface area is 234 Å². The number of ether oxygens (including phenoxy) is 1. The van der Waals surface area contributed by atoms with Crippen molar-refractivity contribution < 1.29 is 45.3 Å². The lowest BCUT2D eigenvalue weighted by Gasteiger charge is -2.33. The number of alkyl halides is 5. The first-order chi connectivity index (χ1) is 19.9. The summed E-state index contributed by atoms with van der Waals surface area (Å²) in [5.74, 6) is -7.36. The summed E-state index contributed by atoms with van der Waals surface area (Å²) in [5.41, 5.74) is 0.0487. The van der Waals surface area contributed by atoms with Crippen LogP contribution in [0.5, 0.6) is 0 Å². The number of halogens is 6. The van der Waals surface area contributed by atoms with Gasteiger partial charge in [0.25, 0.3) is 5.91 Å². The Hall–Kier alpha value is -3.69. The summed E-state index contributed by atoms with van der Waals surface area (Å²) in [6.45, 7) is -2.01. The molecule has 228 valence electrons. The van der Waals surface area contributed by atoms with Crippen molar-refractivity contribution in [2.24, 2.45) is 5.92 Å². The number of amides is 2. The number of carbonyl (C=O) groups is 2. The number of nitrogens with zero attached hydrogens (tertiary/aromatic N) is 3. The van der Waals surface area contributed by atoms with Crippen LogP contribution in [0.1, 0.15) is 84.0 Å². The first-order valence-corrected chi connectivity index (χ1v) is 13.4. The quantitative estimate of drug-likeness (QED) is 0.287. The molecule has 10 nitrogen and oxygen atoms in total. The lowest BCUT2D eigenvalue weighted by atomic mass is 9.81. The SMILES string of the molecule is COC[C@H](C(=O)NCC(F)(F)F)c1ccc2[nH]c([C@@H](NC(=O)c3nonc3C3CC3)C3CCC(F)(F)CC3)nc2c1F. The molecule has 2 aliphatic carbocycles. The number of H-pyrrole nitrogens is 1. The topological polar surface area (TPSA) is 135 Å². The molecule has 3 aromatic rings. The number of aromatic amines is 1. The van der Waals surface area contributed by atoms with Crippen molar-refractivity contribution in [1.82, 2.24) is 30.9 Å². The third kappa shape index (κ3) is 6.52. The Bertz CT molecular complexity index is 1440. The zero-order chi connectivity index (χ0) is 30.2. The van der Waals surface area contributed by atoms with Gasteiger partial charge in [0.15, 0.2) is 11.5 Å². The van der Waals surface area contributed by atoms with E-state index in [4.69, 9.17) is 9.37 Å². The monoisotopic (exact) mass is 602 g/mol. The largest absolute Gasteiger partial charge is 0.405 e. The van der Waals surface area contributed by atoms with Crippen LogP contribution >= 0.6 is 0 Å². The van der Waals surface area contributed by atoms with Crippen molar-refractivity contribution in [3.63, 3.8) is 0 Å². The van der Waals surface area contributed by atoms with E-state index in [9.17, 15) is 31.5 Å². The first kappa shape index (κ1) is 29.8. The number of methoxy groups -OCH3 is 1. The molecule has 0 aliphatic heterocycles. The second kappa shape index (κ2) is 11.5. The number of benzene rings is 1. The molecule has 2 fully saturated rings. The molecule has 0 spiro atoms. The van der Waals surface area contributed by atoms with E-state index in [0.717, 1.165) is 12.8 Å². The third-order valence-electron chi connectivity index (χ3n) is 7.64. The first-order valence-electron chi connectivity index (χ1n) is 13.4. The Morgan fingerprint density at radius 1 is 1.17 bits per heavy atom. The molecular formula is C26H28F6N6O4. The maximum Gasteiger partial charge on any atom is 0.405 e. The maximum atomic E-state index is 15.8. The molecule has 2 saturated carbocycles. The summed E-state index contributed by atoms with van der Waals surface area (Å²) in [6.07, 6.45) is -3.76. The van der Waals surface area contributed by atoms with E-state index < -0.39 is 73.6 Å². The van der Waals surface area contributed by atoms with Crippen LogP contribution in [0.4, 0.5) is 26.3 Å². The number of rotatable bonds is 10. The van der Waals surface area contributed by atoms with Gasteiger partial charge in [-0.15, -0.1) is 0 Å². The van der Waals surface area contributed by atoms with Gasteiger partial charge < -0.3 is 20.4 Å². The minimum absolute atomic E-state index is 0.0273. The minimum atomic E-state index is -4.67. The molecule has 2 atom stereocenters. The van der Waals surface area contributed by atoms with E-state index in [1.165, 1.54) is 19.2 Å². The van der Waals surface area contributed by atoms with E-state index >= 15 is 4.39 Å². The van der Waals surface area contributed by atoms with Gasteiger partial charge in [-0.05, 0) is 42.8 Å². The highest BCUT2D eigenvalue weighted by atomic mass is 19.4. The summed E-state index contributed by atoms with van der Waals surface area (Å²) in [6, 6.07) is 1.68. The highest BCUT2D eigenvalue weighted by molar-refractivity contribution is 5.93. The Balaban J connectivity index is 1.46. The molecule has 5 rings (SSSR count). The Morgan fingerprint density at radius 3 is 2.52 bits per heavy atom. The fraction of sp³-hybridized carbons (Fsp3) is 0.577. The van der Waals surface area contributed by atoms with E-state index in [2.05, 4.69) is 25.6 Å². The standard InChI is InChI=1S/C26H28F6N6O4/c1-41-10-15(23(39)33-11-26(30,31)32)14-4-5-16-20(17(14)27)35-22(34-16)19(13-6-8-25(28,29)9-7-13)36-24(40)21-18(12-2-3-12)37-42-38-21/h4-5,12-13,15,19H,2-3,6-11H2,1H3,(H,33,39)(H,34,35)(H,36,40)/t15-,19-/m0/s1. The molecule has 2 aromatic heterocycles. The Morgan fingerprint density at radius 2 is 1.88 bits per heavy atom. The van der Waals surface area contributed by atoms with E-state index in [0.29, 0.717) is 5.69 Å². The van der Waals surface area contributed by atoms with E-state index in [1.54, 1.807) is 5.32 Å². The van der Waals surface area contributed by atoms with Gasteiger partial charge in [0.05, 0.1) is 24.1 Å². The van der Waals surface area contributed by atoms with Crippen LogP contribution < -0.4 is 10.6 Å². The zero-order valence-corrected chi connectivity index (χ0v) is 22.4. The summed E-state index contributed by atoms with van der Waals surface area (Å²) < 4.78 is 91.4. The minimum Gasteiger partial charge on any atom is -0.384 e. The highest BCUT2D eigenvalue weighted by Gasteiger charge is 2.41. The molecule has 0 unspecified atom stereocenters. The predicted molar refractivity (Wildman–Crippen MR) is 133 cm³/mol. The van der Waals surface area contributed by atoms with Gasteiger partial charge in [-0.1, -0.05) is 11.2 Å². The molecule has 3 N–H and O–H groups in total. The smallest absolute Gasteiger partial charge is 0.384 e. The van der Waals surface area contributed by atoms with Gasteiger partial charge in [-0.25, -0.2) is 22.8 Å². The van der Waals surface area contributed by atoms with Gasteiger partial charge in [0.2, 0.25) is 11.8 Å². The average molecular weight is 603 g/mol. The van der Waals surface area contributed by atoms with Crippen LogP contribution in [-0.2, 0) is 9.53 Å². The summed E-state index contributed by atoms with van der Waals surface area (Å²) in [7, 11) is 1.22. The van der Waals surface area contributed by atoms with Gasteiger partial charge in [-0.2, -0.15) is 13.2 Å². The van der Waals surface area contributed by atoms with Crippen LogP contribution in [0.15, 0.2) is 16.8 Å². The average Bonchev–Trinajstić information content (AvgIpc) is 3.48. The number of hydrogen-bond acceptors (Lipinski definition) is 7. The number of imidazole rings is 1. The van der Waals surface area contributed by atoms with Gasteiger partial charge in [0.1, 0.15) is 23.6 Å². The normalized spacial score (nSPS) is 19.0. The fourth-order valence-electron chi connectivity index (χ4n) is 5.27. The van der Waals surface area contributed by atoms with E-state index in [-0.39, 0.29) is 46.9 Å². The maximum absolute atomic E-state index is 15.8. The summed E-state index contributed by atoms with van der Waals surface area (Å²) in [5, 5.41) is 12.1. The van der Waals surface area contributed by atoms with Crippen molar-refractivity contribution >= 4 is 22.8 Å². The van der Waals surface area contributed by atoms with Crippen LogP contribution in [0.25, 0.3) is 11.0 Å². The lowest BCUT2D eigenvalue weighted by Crippen LogP contribution is -2.38. The number of fused-ring (bicyclic) bond motifs is 1. The van der Waals surface area contributed by atoms with Crippen LogP contribution in [-0.4, -0.2) is 64.5 Å². The Kier molecular flexibility index (Phi) is 8.18. The molecule has 2 aliphatic rings. The molecule has 0 bridgehead atoms. The fourth-order valence-corrected chi connectivity index (χ4v) is 5.27. The predicted octanol–water partition coefficient (Wildman–Crippen LogP) is 4.67. The van der Waals surface area contributed by atoms with Crippen LogP contribution in [0.2, 0.25) is 0 Å². The zero-order valence-electron chi connectivity index (χ0n) is 22.4. The van der Waals surface area contributed by atoms with Crippen molar-refractivity contribution in [2.75, 3.05) is 20.3 Å². The van der Waals surface area contributed by atoms with Crippen molar-refractivity contribution in [3.8, 4) is 0 Å². The number of hydrogen-bond donors (Lipinski definition) is 3. The third-order valence-corrected chi connectivity index (χ3v) is 7.64. The van der Waals surface area contributed by atoms with Gasteiger partial charge >= 0.3 is 6.18 Å². The van der Waals surface area contributed by atoms with Crippen molar-refractivity contribution in [1.29, 1.82) is 0 Å². The summed E-state index contributed by atoms with van der Waals surface area (Å²) >= 11 is 0. The van der Waals surface area contributed by atoms with Gasteiger partial charge in [0, 0.05) is 31.4 Å². The molecule has 2 amide bonds. The molecule has 0 saturated heterocycles. The molecule has 1 aromatic carbocycles. The van der Waals surface area contributed by atoms with Gasteiger partial charge in [-0.3, -0.25) is 9.59 Å². The highest BCUT2D eigenvalue weighted by Crippen LogP contribution is 2.43. The summed E-state index contributed by atoms with van der Waals surface area (Å²) in [4.78, 5) is 33.0. The van der Waals surface area contributed by atoms with Crippen molar-refractivity contribution in [2.45, 2.75) is 68.5 Å². The van der Waals surface area contributed by atoms with Crippen LogP contribution in [0, 0.1) is 11.7 Å². The molecule has 0 radical (unpaired) electrons. The molecular weight excluding hydrogens is 574 g/mol. The molecule has 42 heavy (non-hydrogen) atoms. The number of aromatic nitrogens is 4. The molecule has 16 heteroatoms.